The molecule has 0 radical (unpaired) electrons. The number of halogens is 3. The van der Waals surface area contributed by atoms with E-state index >= 15 is 0 Å². The molecule has 1 saturated heterocycles. The van der Waals surface area contributed by atoms with Gasteiger partial charge in [-0.1, -0.05) is 17.8 Å². The van der Waals surface area contributed by atoms with E-state index in [1.165, 1.54) is 36.4 Å². The van der Waals surface area contributed by atoms with Crippen molar-refractivity contribution in [1.29, 1.82) is 0 Å². The number of carbonyl (C=O) groups is 3. The number of alkyl halides is 3. The van der Waals surface area contributed by atoms with Gasteiger partial charge in [-0.3, -0.25) is 14.4 Å². The van der Waals surface area contributed by atoms with Crippen LogP contribution in [0.15, 0.2) is 42.5 Å². The van der Waals surface area contributed by atoms with Crippen LogP contribution in [-0.2, 0) is 19.1 Å². The molecule has 12 heteroatoms. The number of Topliss-reactive ketones (excluding diaryl/α,β-unsaturated/α-hetero) is 1. The van der Waals surface area contributed by atoms with Crippen molar-refractivity contribution in [3.63, 3.8) is 0 Å². The van der Waals surface area contributed by atoms with E-state index in [0.717, 1.165) is 30.2 Å². The fourth-order valence-electron chi connectivity index (χ4n) is 4.39. The van der Waals surface area contributed by atoms with Gasteiger partial charge < -0.3 is 19.5 Å². The number of anilines is 1. The van der Waals surface area contributed by atoms with Crippen molar-refractivity contribution in [2.45, 2.75) is 38.1 Å². The van der Waals surface area contributed by atoms with Crippen molar-refractivity contribution >= 4 is 44.9 Å². The Labute approximate surface area is 206 Å². The molecule has 5 rings (SSSR count). The zero-order valence-electron chi connectivity index (χ0n) is 18.5. The van der Waals surface area contributed by atoms with E-state index in [0.29, 0.717) is 34.5 Å². The monoisotopic (exact) mass is 520 g/mol. The molecule has 36 heavy (non-hydrogen) atoms. The molecule has 1 aliphatic heterocycles. The molecule has 0 bridgehead atoms. The van der Waals surface area contributed by atoms with E-state index in [-0.39, 0.29) is 10.9 Å². The van der Waals surface area contributed by atoms with E-state index in [1.807, 2.05) is 0 Å². The molecule has 3 aromatic rings. The van der Waals surface area contributed by atoms with Gasteiger partial charge in [0.05, 0.1) is 16.1 Å². The van der Waals surface area contributed by atoms with Gasteiger partial charge in [0.25, 0.3) is 5.19 Å². The number of thiazole rings is 1. The Morgan fingerprint density at radius 3 is 2.53 bits per heavy atom. The molecular weight excluding hydrogens is 501 g/mol. The van der Waals surface area contributed by atoms with Gasteiger partial charge in [-0.2, -0.15) is 0 Å². The summed E-state index contributed by atoms with van der Waals surface area (Å²) in [5, 5.41) is 2.77. The predicted molar refractivity (Wildman–Crippen MR) is 122 cm³/mol. The molecule has 8 nitrogen and oxygen atoms in total. The van der Waals surface area contributed by atoms with Gasteiger partial charge in [0, 0.05) is 11.8 Å². The highest BCUT2D eigenvalue weighted by atomic mass is 32.1. The number of nitrogens with one attached hydrogen (secondary N) is 1. The van der Waals surface area contributed by atoms with Crippen molar-refractivity contribution in [2.75, 3.05) is 5.32 Å². The smallest absolute Gasteiger partial charge is 0.461 e. The number of hydrogen-bond acceptors (Lipinski definition) is 8. The molecule has 1 N–H and O–H groups in total. The van der Waals surface area contributed by atoms with Crippen molar-refractivity contribution in [3.8, 4) is 16.7 Å². The third kappa shape index (κ3) is 5.13. The van der Waals surface area contributed by atoms with Gasteiger partial charge in [-0.15, -0.1) is 13.2 Å². The summed E-state index contributed by atoms with van der Waals surface area (Å²) in [4.78, 5) is 42.0. The molecule has 1 amide bonds. The lowest BCUT2D eigenvalue weighted by Gasteiger charge is -2.36. The number of amides is 1. The van der Waals surface area contributed by atoms with E-state index in [9.17, 15) is 27.6 Å². The number of aromatic nitrogens is 1. The van der Waals surface area contributed by atoms with Gasteiger partial charge in [-0.25, -0.2) is 4.98 Å². The Balaban J connectivity index is 1.23. The van der Waals surface area contributed by atoms with Gasteiger partial charge in [0.1, 0.15) is 17.6 Å². The number of ketones is 1. The van der Waals surface area contributed by atoms with Crippen molar-refractivity contribution < 1.29 is 41.8 Å². The highest BCUT2D eigenvalue weighted by Crippen LogP contribution is 2.36. The zero-order chi connectivity index (χ0) is 25.4. The second-order valence-corrected chi connectivity index (χ2v) is 9.47. The number of nitrogens with zero attached hydrogens (tertiary/aromatic N) is 1. The Kier molecular flexibility index (Phi) is 6.29. The topological polar surface area (TPSA) is 104 Å². The average molecular weight is 520 g/mol. The van der Waals surface area contributed by atoms with Crippen LogP contribution >= 0.6 is 11.3 Å². The van der Waals surface area contributed by atoms with Crippen molar-refractivity contribution in [3.05, 3.63) is 42.5 Å². The molecular formula is C24H19F3N2O6S. The van der Waals surface area contributed by atoms with Crippen LogP contribution in [0.2, 0.25) is 0 Å². The minimum absolute atomic E-state index is 0.198. The maximum Gasteiger partial charge on any atom is 0.573 e. The largest absolute Gasteiger partial charge is 0.573 e. The normalized spacial score (nSPS) is 22.0. The molecule has 2 fully saturated rings. The number of esters is 1. The summed E-state index contributed by atoms with van der Waals surface area (Å²) < 4.78 is 52.7. The third-order valence-corrected chi connectivity index (χ3v) is 6.91. The standard InChI is InChI=1S/C24H19F3N2O6S/c25-24(26,27)35-14-9-10-16-18(11-14)36-23(29-16)33-13-7-5-12(6-8-13)28-21(31)19-20(30)15-3-1-2-4-17(15)34-22(19)32/h5-11,15,17,19H,1-4H2,(H,28,31). The first-order valence-electron chi connectivity index (χ1n) is 11.2. The lowest BCUT2D eigenvalue weighted by atomic mass is 9.77. The average Bonchev–Trinajstić information content (AvgIpc) is 3.21. The van der Waals surface area contributed by atoms with Crippen LogP contribution < -0.4 is 14.8 Å². The maximum absolute atomic E-state index is 12.8. The van der Waals surface area contributed by atoms with Crippen LogP contribution in [-0.4, -0.2) is 35.1 Å². The first-order valence-corrected chi connectivity index (χ1v) is 12.0. The quantitative estimate of drug-likeness (QED) is 0.363. The molecule has 2 aliphatic rings. The molecule has 1 aliphatic carbocycles. The van der Waals surface area contributed by atoms with E-state index in [1.54, 1.807) is 0 Å². The molecule has 1 aromatic heterocycles. The SMILES string of the molecule is O=C(Nc1ccc(Oc2nc3ccc(OC(F)(F)F)cc3s2)cc1)C1C(=O)OC2CCCCC2C1=O. The fraction of sp³-hybridized carbons (Fsp3) is 0.333. The van der Waals surface area contributed by atoms with E-state index in [4.69, 9.17) is 9.47 Å². The van der Waals surface area contributed by atoms with Crippen molar-refractivity contribution in [2.24, 2.45) is 11.8 Å². The van der Waals surface area contributed by atoms with Crippen LogP contribution in [0.1, 0.15) is 25.7 Å². The lowest BCUT2D eigenvalue weighted by molar-refractivity contribution is -0.274. The number of carbonyl (C=O) groups excluding carboxylic acids is 3. The number of fused-ring (bicyclic) bond motifs is 2. The summed E-state index contributed by atoms with van der Waals surface area (Å²) in [7, 11) is 0. The van der Waals surface area contributed by atoms with Crippen LogP contribution in [0, 0.1) is 11.8 Å². The minimum atomic E-state index is -4.79. The summed E-state index contributed by atoms with van der Waals surface area (Å²) in [5.74, 6) is -3.89. The summed E-state index contributed by atoms with van der Waals surface area (Å²) >= 11 is 1.04. The second kappa shape index (κ2) is 9.41. The van der Waals surface area contributed by atoms with Crippen molar-refractivity contribution in [1.82, 2.24) is 4.98 Å². The lowest BCUT2D eigenvalue weighted by Crippen LogP contribution is -2.51. The highest BCUT2D eigenvalue weighted by molar-refractivity contribution is 7.20. The van der Waals surface area contributed by atoms with Gasteiger partial charge >= 0.3 is 12.3 Å². The third-order valence-electron chi connectivity index (χ3n) is 6.02. The summed E-state index contributed by atoms with van der Waals surface area (Å²) in [6, 6.07) is 9.91. The first-order chi connectivity index (χ1) is 17.2. The molecule has 3 unspecified atom stereocenters. The maximum atomic E-state index is 12.8. The minimum Gasteiger partial charge on any atom is -0.461 e. The Bertz CT molecular complexity index is 1320. The molecule has 1 saturated carbocycles. The second-order valence-electron chi connectivity index (χ2n) is 8.47. The fourth-order valence-corrected chi connectivity index (χ4v) is 5.26. The zero-order valence-corrected chi connectivity index (χ0v) is 19.4. The van der Waals surface area contributed by atoms with Gasteiger partial charge in [-0.05, 0) is 55.7 Å². The molecule has 188 valence electrons. The number of rotatable bonds is 5. The Morgan fingerprint density at radius 1 is 1.06 bits per heavy atom. The van der Waals surface area contributed by atoms with Gasteiger partial charge in [0.15, 0.2) is 11.7 Å². The number of benzene rings is 2. The summed E-state index contributed by atoms with van der Waals surface area (Å²) in [5.41, 5.74) is 0.787. The summed E-state index contributed by atoms with van der Waals surface area (Å²) in [6.07, 6.45) is -2.25. The van der Waals surface area contributed by atoms with Crippen LogP contribution in [0.25, 0.3) is 10.2 Å². The highest BCUT2D eigenvalue weighted by Gasteiger charge is 2.49. The first kappa shape index (κ1) is 24.0. The molecule has 0 spiro atoms. The Hall–Kier alpha value is -3.67. The number of ether oxygens (including phenoxy) is 3. The van der Waals surface area contributed by atoms with Crippen LogP contribution in [0.5, 0.6) is 16.7 Å². The Morgan fingerprint density at radius 2 is 1.78 bits per heavy atom. The number of hydrogen-bond donors (Lipinski definition) is 1. The van der Waals surface area contributed by atoms with Gasteiger partial charge in [0.2, 0.25) is 5.91 Å². The van der Waals surface area contributed by atoms with E-state index in [2.05, 4.69) is 15.0 Å². The predicted octanol–water partition coefficient (Wildman–Crippen LogP) is 5.23. The van der Waals surface area contributed by atoms with E-state index < -0.39 is 42.0 Å². The molecule has 2 aromatic carbocycles. The summed E-state index contributed by atoms with van der Waals surface area (Å²) in [6.45, 7) is 0. The molecule has 2 heterocycles. The van der Waals surface area contributed by atoms with Crippen LogP contribution in [0.3, 0.4) is 0 Å². The van der Waals surface area contributed by atoms with Crippen LogP contribution in [0.4, 0.5) is 18.9 Å². The molecule has 3 atom stereocenters.